The number of hydrogen-bond acceptors (Lipinski definition) is 6. The molecule has 0 fully saturated rings. The van der Waals surface area contributed by atoms with Gasteiger partial charge in [0.05, 0.1) is 19.0 Å². The monoisotopic (exact) mass is 488 g/mol. The normalized spacial score (nSPS) is 18.2. The second-order valence-corrected chi connectivity index (χ2v) is 10.5. The van der Waals surface area contributed by atoms with Crippen LogP contribution in [-0.4, -0.2) is 47.1 Å². The molecule has 2 N–H and O–H groups in total. The van der Waals surface area contributed by atoms with Crippen LogP contribution in [0.3, 0.4) is 0 Å². The van der Waals surface area contributed by atoms with Gasteiger partial charge in [-0.1, -0.05) is 24.3 Å². The number of aromatic amines is 1. The third kappa shape index (κ3) is 4.21. The molecule has 1 atom stereocenters. The first-order valence-electron chi connectivity index (χ1n) is 12.3. The minimum absolute atomic E-state index is 0.358. The Balaban J connectivity index is 1.40. The van der Waals surface area contributed by atoms with Crippen LogP contribution in [0.1, 0.15) is 44.0 Å². The van der Waals surface area contributed by atoms with Crippen LogP contribution in [0.2, 0.25) is 0 Å². The molecule has 0 radical (unpaired) electrons. The van der Waals surface area contributed by atoms with Crippen LogP contribution >= 0.6 is 0 Å². The number of anilines is 2. The fraction of sp³-hybridized carbons (Fsp3) is 0.393. The quantitative estimate of drug-likeness (QED) is 0.497. The number of aryl methyl sites for hydroxylation is 2. The van der Waals surface area contributed by atoms with E-state index in [2.05, 4.69) is 27.6 Å². The van der Waals surface area contributed by atoms with Gasteiger partial charge in [-0.3, -0.25) is 10.00 Å². The van der Waals surface area contributed by atoms with Crippen molar-refractivity contribution in [1.29, 1.82) is 0 Å². The molecule has 5 rings (SSSR count). The summed E-state index contributed by atoms with van der Waals surface area (Å²) in [5.74, 6) is -0.454. The van der Waals surface area contributed by atoms with Gasteiger partial charge in [0.15, 0.2) is 5.54 Å². The molecule has 8 nitrogen and oxygen atoms in total. The van der Waals surface area contributed by atoms with E-state index in [4.69, 9.17) is 9.47 Å². The Morgan fingerprint density at radius 1 is 1.11 bits per heavy atom. The van der Waals surface area contributed by atoms with Gasteiger partial charge in [0.2, 0.25) is 0 Å². The van der Waals surface area contributed by atoms with Crippen molar-refractivity contribution >= 4 is 23.4 Å². The van der Waals surface area contributed by atoms with Crippen LogP contribution < -0.4 is 10.2 Å². The second kappa shape index (κ2) is 9.00. The van der Waals surface area contributed by atoms with E-state index in [1.807, 2.05) is 57.3 Å². The number of rotatable bonds is 5. The second-order valence-electron chi connectivity index (χ2n) is 10.5. The van der Waals surface area contributed by atoms with Crippen LogP contribution in [0, 0.1) is 0 Å². The fourth-order valence-electron chi connectivity index (χ4n) is 5.32. The molecular formula is C28H32N4O4. The molecular weight excluding hydrogens is 456 g/mol. The molecule has 2 aromatic carbocycles. The maximum Gasteiger partial charge on any atom is 0.415 e. The Morgan fingerprint density at radius 3 is 2.69 bits per heavy atom. The van der Waals surface area contributed by atoms with Crippen molar-refractivity contribution in [2.45, 2.75) is 57.6 Å². The topological polar surface area (TPSA) is 96.5 Å². The molecule has 188 valence electrons. The molecule has 0 saturated heterocycles. The highest BCUT2D eigenvalue weighted by molar-refractivity contribution is 6.02. The van der Waals surface area contributed by atoms with Crippen LogP contribution in [0.4, 0.5) is 16.2 Å². The minimum Gasteiger partial charge on any atom is -0.467 e. The van der Waals surface area contributed by atoms with Crippen LogP contribution in [0.15, 0.2) is 48.7 Å². The lowest BCUT2D eigenvalue weighted by Crippen LogP contribution is -2.58. The number of amides is 1. The number of fused-ring (bicyclic) bond motifs is 4. The molecule has 1 aromatic heterocycles. The Kier molecular flexibility index (Phi) is 5.98. The van der Waals surface area contributed by atoms with Crippen molar-refractivity contribution < 1.29 is 19.1 Å². The number of aromatic nitrogens is 2. The molecule has 1 amide bonds. The van der Waals surface area contributed by atoms with E-state index in [1.54, 1.807) is 0 Å². The molecule has 2 heterocycles. The number of para-hydroxylation sites is 1. The van der Waals surface area contributed by atoms with Gasteiger partial charge in [0, 0.05) is 29.9 Å². The Hall–Kier alpha value is -3.81. The molecule has 36 heavy (non-hydrogen) atoms. The number of esters is 1. The number of benzene rings is 2. The van der Waals surface area contributed by atoms with Gasteiger partial charge in [0.1, 0.15) is 5.60 Å². The van der Waals surface area contributed by atoms with Gasteiger partial charge in [-0.15, -0.1) is 0 Å². The summed E-state index contributed by atoms with van der Waals surface area (Å²) in [7, 11) is 1.36. The average molecular weight is 489 g/mol. The van der Waals surface area contributed by atoms with E-state index in [9.17, 15) is 9.59 Å². The zero-order valence-electron chi connectivity index (χ0n) is 21.2. The third-order valence-electron chi connectivity index (χ3n) is 6.91. The molecule has 1 aliphatic heterocycles. The van der Waals surface area contributed by atoms with Gasteiger partial charge < -0.3 is 14.8 Å². The molecule has 0 spiro atoms. The standard InChI is InChI=1S/C28H32N4O4/c1-27(2,3)36-26(34)32-24-8-6-5-7-19(24)16-28(32,25(33)35-4)13-14-29-20-10-11-21-18(15-20)9-12-23-22(21)17-30-31-23/h5-8,10-11,15,17,29H,9,12-14,16H2,1-4H3,(H,30,31). The fourth-order valence-corrected chi connectivity index (χ4v) is 5.32. The van der Waals surface area contributed by atoms with Crippen LogP contribution in [0.25, 0.3) is 11.1 Å². The molecule has 0 saturated carbocycles. The van der Waals surface area contributed by atoms with E-state index in [0.29, 0.717) is 25.1 Å². The molecule has 1 aliphatic carbocycles. The Bertz CT molecular complexity index is 1310. The van der Waals surface area contributed by atoms with Crippen LogP contribution in [-0.2, 0) is 33.5 Å². The van der Waals surface area contributed by atoms with Gasteiger partial charge in [0.25, 0.3) is 0 Å². The van der Waals surface area contributed by atoms with E-state index in [-0.39, 0.29) is 0 Å². The van der Waals surface area contributed by atoms with Gasteiger partial charge in [-0.2, -0.15) is 5.10 Å². The number of nitrogens with one attached hydrogen (secondary N) is 2. The summed E-state index contributed by atoms with van der Waals surface area (Å²) in [6.45, 7) is 5.92. The average Bonchev–Trinajstić information content (AvgIpc) is 3.45. The lowest BCUT2D eigenvalue weighted by molar-refractivity contribution is -0.147. The summed E-state index contributed by atoms with van der Waals surface area (Å²) in [6, 6.07) is 13.9. The lowest BCUT2D eigenvalue weighted by Gasteiger charge is -2.37. The maximum atomic E-state index is 13.4. The molecule has 3 aromatic rings. The lowest BCUT2D eigenvalue weighted by atomic mass is 9.89. The van der Waals surface area contributed by atoms with E-state index in [0.717, 1.165) is 29.7 Å². The molecule has 1 unspecified atom stereocenters. The smallest absolute Gasteiger partial charge is 0.415 e. The predicted molar refractivity (Wildman–Crippen MR) is 138 cm³/mol. The first-order chi connectivity index (χ1) is 17.2. The van der Waals surface area contributed by atoms with Crippen molar-refractivity contribution in [3.8, 4) is 11.1 Å². The number of carbonyl (C=O) groups is 2. The van der Waals surface area contributed by atoms with E-state index in [1.165, 1.54) is 28.8 Å². The molecule has 0 bridgehead atoms. The molecule has 8 heteroatoms. The number of nitrogens with zero attached hydrogens (tertiary/aromatic N) is 2. The highest BCUT2D eigenvalue weighted by atomic mass is 16.6. The SMILES string of the molecule is COC(=O)C1(CCNc2ccc3c(c2)CCc2[nH]ncc2-3)Cc2ccccc2N1C(=O)OC(C)(C)C. The minimum atomic E-state index is -1.20. The number of ether oxygens (including phenoxy) is 2. The highest BCUT2D eigenvalue weighted by Gasteiger charge is 2.54. The highest BCUT2D eigenvalue weighted by Crippen LogP contribution is 2.43. The summed E-state index contributed by atoms with van der Waals surface area (Å²) in [4.78, 5) is 28.2. The van der Waals surface area contributed by atoms with Gasteiger partial charge in [-0.25, -0.2) is 9.59 Å². The largest absolute Gasteiger partial charge is 0.467 e. The summed E-state index contributed by atoms with van der Waals surface area (Å²) >= 11 is 0. The Morgan fingerprint density at radius 2 is 1.92 bits per heavy atom. The maximum absolute atomic E-state index is 13.4. The van der Waals surface area contributed by atoms with Gasteiger partial charge in [-0.05, 0) is 74.9 Å². The summed E-state index contributed by atoms with van der Waals surface area (Å²) < 4.78 is 11.0. The van der Waals surface area contributed by atoms with Crippen LogP contribution in [0.5, 0.6) is 0 Å². The van der Waals surface area contributed by atoms with E-state index >= 15 is 0 Å². The summed E-state index contributed by atoms with van der Waals surface area (Å²) in [5.41, 5.74) is 5.46. The van der Waals surface area contributed by atoms with E-state index < -0.39 is 23.2 Å². The number of carbonyl (C=O) groups excluding carboxylic acids is 2. The molecule has 2 aliphatic rings. The zero-order chi connectivity index (χ0) is 25.5. The number of methoxy groups -OCH3 is 1. The van der Waals surface area contributed by atoms with Crippen molar-refractivity contribution in [2.75, 3.05) is 23.9 Å². The Labute approximate surface area is 211 Å². The number of H-pyrrole nitrogens is 1. The summed E-state index contributed by atoms with van der Waals surface area (Å²) in [5, 5.41) is 10.7. The van der Waals surface area contributed by atoms with Crippen molar-refractivity contribution in [3.63, 3.8) is 0 Å². The predicted octanol–water partition coefficient (Wildman–Crippen LogP) is 4.89. The van der Waals surface area contributed by atoms with Gasteiger partial charge >= 0.3 is 12.1 Å². The van der Waals surface area contributed by atoms with Crippen molar-refractivity contribution in [2.24, 2.45) is 0 Å². The summed E-state index contributed by atoms with van der Waals surface area (Å²) in [6.07, 6.45) is 3.92. The van der Waals surface area contributed by atoms with Crippen molar-refractivity contribution in [1.82, 2.24) is 10.2 Å². The first kappa shape index (κ1) is 23.9. The van der Waals surface area contributed by atoms with Crippen molar-refractivity contribution in [3.05, 3.63) is 65.5 Å². The third-order valence-corrected chi connectivity index (χ3v) is 6.91. The zero-order valence-corrected chi connectivity index (χ0v) is 21.2. The first-order valence-corrected chi connectivity index (χ1v) is 12.3. The number of hydrogen-bond donors (Lipinski definition) is 2.